The number of benzene rings is 2. The third kappa shape index (κ3) is 2.98. The van der Waals surface area contributed by atoms with Crippen LogP contribution in [0.5, 0.6) is 5.75 Å². The number of carbonyl (C=O) groups is 2. The normalized spacial score (nSPS) is 14.7. The van der Waals surface area contributed by atoms with Crippen LogP contribution in [0.25, 0.3) is 0 Å². The van der Waals surface area contributed by atoms with E-state index in [9.17, 15) is 9.59 Å². The van der Waals surface area contributed by atoms with E-state index in [1.165, 1.54) is 23.7 Å². The predicted octanol–water partition coefficient (Wildman–Crippen LogP) is 3.35. The number of hydrazone groups is 1. The zero-order valence-electron chi connectivity index (χ0n) is 12.6. The first-order valence-electron chi connectivity index (χ1n) is 6.95. The van der Waals surface area contributed by atoms with E-state index in [4.69, 9.17) is 4.74 Å². The average Bonchev–Trinajstić information content (AvgIpc) is 2.89. The SMILES string of the molecule is COc1ccc(N(/N=C2/Sc3ccccc3C2=O)C(C)=O)cc1. The second-order valence-corrected chi connectivity index (χ2v) is 5.89. The van der Waals surface area contributed by atoms with Crippen LogP contribution < -0.4 is 9.75 Å². The van der Waals surface area contributed by atoms with Crippen molar-refractivity contribution >= 4 is 34.2 Å². The fourth-order valence-corrected chi connectivity index (χ4v) is 3.15. The molecular weight excluding hydrogens is 312 g/mol. The second kappa shape index (κ2) is 6.26. The van der Waals surface area contributed by atoms with E-state index < -0.39 is 0 Å². The van der Waals surface area contributed by atoms with Gasteiger partial charge >= 0.3 is 0 Å². The molecule has 0 unspecified atom stereocenters. The molecule has 2 aromatic carbocycles. The van der Waals surface area contributed by atoms with Crippen molar-refractivity contribution < 1.29 is 14.3 Å². The third-order valence-corrected chi connectivity index (χ3v) is 4.37. The lowest BCUT2D eigenvalue weighted by atomic mass is 10.1. The van der Waals surface area contributed by atoms with Crippen molar-refractivity contribution in [3.63, 3.8) is 0 Å². The third-order valence-electron chi connectivity index (χ3n) is 3.34. The van der Waals surface area contributed by atoms with Gasteiger partial charge in [0.25, 0.3) is 0 Å². The van der Waals surface area contributed by atoms with E-state index in [0.29, 0.717) is 17.0 Å². The van der Waals surface area contributed by atoms with Gasteiger partial charge in [-0.2, -0.15) is 10.1 Å². The van der Waals surface area contributed by atoms with Crippen LogP contribution in [0.3, 0.4) is 0 Å². The van der Waals surface area contributed by atoms with Gasteiger partial charge in [-0.1, -0.05) is 23.9 Å². The molecule has 1 amide bonds. The molecule has 0 aliphatic carbocycles. The van der Waals surface area contributed by atoms with Gasteiger partial charge in [-0.15, -0.1) is 0 Å². The van der Waals surface area contributed by atoms with Gasteiger partial charge in [-0.05, 0) is 36.4 Å². The molecule has 1 aliphatic heterocycles. The molecule has 0 atom stereocenters. The Morgan fingerprint density at radius 3 is 2.43 bits per heavy atom. The standard InChI is InChI=1S/C17H14N2O3S/c1-11(20)19(12-7-9-13(22-2)10-8-12)18-17-16(21)14-5-3-4-6-15(14)23-17/h3-10H,1-2H3/b18-17+. The topological polar surface area (TPSA) is 59.0 Å². The minimum Gasteiger partial charge on any atom is -0.497 e. The van der Waals surface area contributed by atoms with Gasteiger partial charge in [0.1, 0.15) is 5.75 Å². The van der Waals surface area contributed by atoms with Gasteiger partial charge in [-0.25, -0.2) is 0 Å². The quantitative estimate of drug-likeness (QED) is 0.812. The fourth-order valence-electron chi connectivity index (χ4n) is 2.20. The first-order valence-corrected chi connectivity index (χ1v) is 7.76. The molecule has 3 rings (SSSR count). The first-order chi connectivity index (χ1) is 11.1. The number of rotatable bonds is 3. The van der Waals surface area contributed by atoms with Crippen molar-refractivity contribution in [3.05, 3.63) is 54.1 Å². The van der Waals surface area contributed by atoms with E-state index >= 15 is 0 Å². The van der Waals surface area contributed by atoms with Crippen molar-refractivity contribution in [2.45, 2.75) is 11.8 Å². The molecule has 23 heavy (non-hydrogen) atoms. The second-order valence-electron chi connectivity index (χ2n) is 4.86. The minimum atomic E-state index is -0.271. The summed E-state index contributed by atoms with van der Waals surface area (Å²) in [5.41, 5.74) is 1.20. The summed E-state index contributed by atoms with van der Waals surface area (Å²) < 4.78 is 5.10. The smallest absolute Gasteiger partial charge is 0.244 e. The molecule has 5 nitrogen and oxygen atoms in total. The molecule has 0 bridgehead atoms. The van der Waals surface area contributed by atoms with Crippen LogP contribution in [-0.2, 0) is 4.79 Å². The highest BCUT2D eigenvalue weighted by atomic mass is 32.2. The molecule has 116 valence electrons. The summed E-state index contributed by atoms with van der Waals surface area (Å²) in [6, 6.07) is 14.2. The van der Waals surface area contributed by atoms with E-state index in [1.54, 1.807) is 37.4 Å². The maximum atomic E-state index is 12.4. The summed E-state index contributed by atoms with van der Waals surface area (Å²) in [5, 5.41) is 5.79. The zero-order valence-corrected chi connectivity index (χ0v) is 13.5. The number of hydrogen-bond donors (Lipinski definition) is 0. The van der Waals surface area contributed by atoms with Crippen molar-refractivity contribution in [2.75, 3.05) is 12.1 Å². The molecular formula is C17H14N2O3S. The van der Waals surface area contributed by atoms with Crippen LogP contribution in [-0.4, -0.2) is 23.8 Å². The summed E-state index contributed by atoms with van der Waals surface area (Å²) in [7, 11) is 1.57. The maximum absolute atomic E-state index is 12.4. The number of amides is 1. The Bertz CT molecular complexity index is 800. The summed E-state index contributed by atoms with van der Waals surface area (Å²) in [6.45, 7) is 1.41. The highest BCUT2D eigenvalue weighted by molar-refractivity contribution is 8.16. The van der Waals surface area contributed by atoms with Gasteiger partial charge in [0.05, 0.1) is 12.8 Å². The number of methoxy groups -OCH3 is 1. The van der Waals surface area contributed by atoms with Crippen LogP contribution in [0.15, 0.2) is 58.5 Å². The van der Waals surface area contributed by atoms with Crippen molar-refractivity contribution in [1.29, 1.82) is 0 Å². The van der Waals surface area contributed by atoms with Crippen molar-refractivity contribution in [3.8, 4) is 5.75 Å². The van der Waals surface area contributed by atoms with Crippen molar-refractivity contribution in [1.82, 2.24) is 0 Å². The molecule has 0 saturated heterocycles. The molecule has 0 spiro atoms. The number of fused-ring (bicyclic) bond motifs is 1. The molecule has 0 aromatic heterocycles. The molecule has 0 N–H and O–H groups in total. The lowest BCUT2D eigenvalue weighted by Crippen LogP contribution is -2.24. The number of ketones is 1. The molecule has 0 radical (unpaired) electrons. The Balaban J connectivity index is 1.94. The van der Waals surface area contributed by atoms with Gasteiger partial charge in [0, 0.05) is 17.4 Å². The van der Waals surface area contributed by atoms with Gasteiger partial charge < -0.3 is 4.74 Å². The lowest BCUT2D eigenvalue weighted by Gasteiger charge is -2.16. The van der Waals surface area contributed by atoms with Crippen LogP contribution in [0.4, 0.5) is 5.69 Å². The number of carbonyl (C=O) groups excluding carboxylic acids is 2. The summed E-state index contributed by atoms with van der Waals surface area (Å²) in [6.07, 6.45) is 0. The number of Topliss-reactive ketones (excluding diaryl/α,β-unsaturated/α-hetero) is 1. The fraction of sp³-hybridized carbons (Fsp3) is 0.118. The Hall–Kier alpha value is -2.60. The monoisotopic (exact) mass is 326 g/mol. The van der Waals surface area contributed by atoms with Gasteiger partial charge in [-0.3, -0.25) is 9.59 Å². The van der Waals surface area contributed by atoms with Crippen LogP contribution in [0.1, 0.15) is 17.3 Å². The van der Waals surface area contributed by atoms with Crippen LogP contribution in [0.2, 0.25) is 0 Å². The number of anilines is 1. The molecule has 1 aliphatic rings. The van der Waals surface area contributed by atoms with E-state index in [0.717, 1.165) is 4.90 Å². The van der Waals surface area contributed by atoms with Crippen molar-refractivity contribution in [2.24, 2.45) is 5.10 Å². The van der Waals surface area contributed by atoms with E-state index in [2.05, 4.69) is 5.10 Å². The molecule has 0 saturated carbocycles. The van der Waals surface area contributed by atoms with E-state index in [1.807, 2.05) is 18.2 Å². The Morgan fingerprint density at radius 2 is 1.83 bits per heavy atom. The number of nitrogens with zero attached hydrogens (tertiary/aromatic N) is 2. The first kappa shape index (κ1) is 15.3. The zero-order chi connectivity index (χ0) is 16.4. The Labute approximate surface area is 137 Å². The number of hydrogen-bond acceptors (Lipinski definition) is 5. The molecule has 1 heterocycles. The van der Waals surface area contributed by atoms with Gasteiger partial charge in [0.15, 0.2) is 5.04 Å². The Kier molecular flexibility index (Phi) is 4.16. The number of thioether (sulfide) groups is 1. The number of ether oxygens (including phenoxy) is 1. The largest absolute Gasteiger partial charge is 0.497 e. The summed E-state index contributed by atoms with van der Waals surface area (Å²) in [4.78, 5) is 25.2. The highest BCUT2D eigenvalue weighted by Crippen LogP contribution is 2.34. The Morgan fingerprint density at radius 1 is 1.13 bits per heavy atom. The average molecular weight is 326 g/mol. The molecule has 2 aromatic rings. The lowest BCUT2D eigenvalue weighted by molar-refractivity contribution is -0.116. The van der Waals surface area contributed by atoms with Crippen LogP contribution in [0, 0.1) is 0 Å². The van der Waals surface area contributed by atoms with Crippen LogP contribution >= 0.6 is 11.8 Å². The van der Waals surface area contributed by atoms with E-state index in [-0.39, 0.29) is 16.7 Å². The summed E-state index contributed by atoms with van der Waals surface area (Å²) in [5.74, 6) is 0.251. The molecule has 6 heteroatoms. The highest BCUT2D eigenvalue weighted by Gasteiger charge is 2.28. The molecule has 0 fully saturated rings. The maximum Gasteiger partial charge on any atom is 0.244 e. The van der Waals surface area contributed by atoms with Gasteiger partial charge in [0.2, 0.25) is 11.7 Å². The summed E-state index contributed by atoms with van der Waals surface area (Å²) >= 11 is 1.27. The predicted molar refractivity (Wildman–Crippen MR) is 90.2 cm³/mol. The minimum absolute atomic E-state index is 0.162.